The Morgan fingerprint density at radius 3 is 2.57 bits per heavy atom. The van der Waals surface area contributed by atoms with Gasteiger partial charge in [-0.05, 0) is 54.8 Å². The molecule has 118 valence electrons. The van der Waals surface area contributed by atoms with Gasteiger partial charge >= 0.3 is 0 Å². The monoisotopic (exact) mass is 289 g/mol. The van der Waals surface area contributed by atoms with Gasteiger partial charge in [0.2, 0.25) is 0 Å². The molecule has 0 aliphatic heterocycles. The van der Waals surface area contributed by atoms with E-state index in [0.717, 1.165) is 18.7 Å². The van der Waals surface area contributed by atoms with E-state index in [1.807, 2.05) is 0 Å². The molecule has 1 saturated carbocycles. The normalized spacial score (nSPS) is 18.3. The molecule has 0 saturated heterocycles. The molecule has 2 rings (SSSR count). The summed E-state index contributed by atoms with van der Waals surface area (Å²) in [6.45, 7) is 12.5. The highest BCUT2D eigenvalue weighted by molar-refractivity contribution is 5.31. The second-order valence-corrected chi connectivity index (χ2v) is 7.50. The highest BCUT2D eigenvalue weighted by Gasteiger charge is 2.26. The van der Waals surface area contributed by atoms with Crippen molar-refractivity contribution in [1.29, 1.82) is 0 Å². The summed E-state index contributed by atoms with van der Waals surface area (Å²) in [6.07, 6.45) is 4.04. The molecule has 1 aliphatic carbocycles. The Bertz CT molecular complexity index is 445. The number of rotatable bonds is 7. The number of nitrogens with one attached hydrogen (secondary N) is 1. The fourth-order valence-electron chi connectivity index (χ4n) is 2.47. The molecule has 0 radical (unpaired) electrons. The van der Waals surface area contributed by atoms with E-state index in [4.69, 9.17) is 4.74 Å². The first-order valence-electron chi connectivity index (χ1n) is 8.40. The first-order valence-corrected chi connectivity index (χ1v) is 8.40. The number of hydrogen-bond donors (Lipinski definition) is 1. The van der Waals surface area contributed by atoms with E-state index in [9.17, 15) is 0 Å². The maximum atomic E-state index is 5.94. The Morgan fingerprint density at radius 2 is 2.00 bits per heavy atom. The van der Waals surface area contributed by atoms with Crippen LogP contribution in [0.5, 0.6) is 5.75 Å². The van der Waals surface area contributed by atoms with E-state index in [-0.39, 0.29) is 0 Å². The minimum atomic E-state index is 0.343. The largest absolute Gasteiger partial charge is 0.490 e. The van der Waals surface area contributed by atoms with Crippen molar-refractivity contribution < 1.29 is 4.74 Å². The molecule has 2 nitrogen and oxygen atoms in total. The van der Waals surface area contributed by atoms with Gasteiger partial charge in [0.25, 0.3) is 0 Å². The summed E-state index contributed by atoms with van der Waals surface area (Å²) >= 11 is 0. The minimum Gasteiger partial charge on any atom is -0.490 e. The Hall–Kier alpha value is -1.02. The van der Waals surface area contributed by atoms with Gasteiger partial charge in [-0.1, -0.05) is 46.8 Å². The first-order chi connectivity index (χ1) is 9.90. The van der Waals surface area contributed by atoms with Crippen LogP contribution in [-0.4, -0.2) is 12.6 Å². The Balaban J connectivity index is 2.09. The average molecular weight is 289 g/mol. The molecule has 2 unspecified atom stereocenters. The molecule has 0 aromatic heterocycles. The van der Waals surface area contributed by atoms with Gasteiger partial charge in [0.05, 0.1) is 6.10 Å². The summed E-state index contributed by atoms with van der Waals surface area (Å²) in [5, 5.41) is 3.64. The highest BCUT2D eigenvalue weighted by atomic mass is 16.5. The van der Waals surface area contributed by atoms with Gasteiger partial charge in [0, 0.05) is 6.04 Å². The molecule has 2 heteroatoms. The second kappa shape index (κ2) is 6.83. The molecule has 0 spiro atoms. The molecule has 0 bridgehead atoms. The molecule has 1 fully saturated rings. The van der Waals surface area contributed by atoms with E-state index < -0.39 is 0 Å². The molecule has 0 heterocycles. The summed E-state index contributed by atoms with van der Waals surface area (Å²) in [6, 6.07) is 9.06. The summed E-state index contributed by atoms with van der Waals surface area (Å²) in [4.78, 5) is 0. The van der Waals surface area contributed by atoms with Crippen LogP contribution >= 0.6 is 0 Å². The lowest BCUT2D eigenvalue weighted by Gasteiger charge is -2.31. The third kappa shape index (κ3) is 5.03. The molecule has 0 amide bonds. The Kier molecular flexibility index (Phi) is 5.32. The van der Waals surface area contributed by atoms with Crippen LogP contribution in [-0.2, 0) is 0 Å². The van der Waals surface area contributed by atoms with Gasteiger partial charge in [0.1, 0.15) is 5.75 Å². The van der Waals surface area contributed by atoms with Crippen molar-refractivity contribution >= 4 is 0 Å². The van der Waals surface area contributed by atoms with Gasteiger partial charge in [-0.25, -0.2) is 0 Å². The maximum absolute atomic E-state index is 5.94. The van der Waals surface area contributed by atoms with Gasteiger partial charge in [0.15, 0.2) is 0 Å². The van der Waals surface area contributed by atoms with Crippen LogP contribution in [0.15, 0.2) is 24.3 Å². The van der Waals surface area contributed by atoms with Crippen LogP contribution in [0, 0.1) is 11.3 Å². The van der Waals surface area contributed by atoms with Crippen molar-refractivity contribution in [2.45, 2.75) is 66.0 Å². The molecule has 2 atom stereocenters. The third-order valence-electron chi connectivity index (χ3n) is 4.61. The van der Waals surface area contributed by atoms with Crippen LogP contribution < -0.4 is 10.1 Å². The Labute approximate surface area is 130 Å². The second-order valence-electron chi connectivity index (χ2n) is 7.50. The van der Waals surface area contributed by atoms with Crippen molar-refractivity contribution in [3.05, 3.63) is 29.8 Å². The summed E-state index contributed by atoms with van der Waals surface area (Å²) < 4.78 is 5.94. The van der Waals surface area contributed by atoms with Gasteiger partial charge in [-0.3, -0.25) is 0 Å². The number of benzene rings is 1. The number of hydrogen-bond acceptors (Lipinski definition) is 2. The molecule has 1 N–H and O–H groups in total. The average Bonchev–Trinajstić information content (AvgIpc) is 3.21. The van der Waals surface area contributed by atoms with E-state index >= 15 is 0 Å². The predicted octanol–water partition coefficient (Wildman–Crippen LogP) is 4.95. The van der Waals surface area contributed by atoms with Crippen LogP contribution in [0.25, 0.3) is 0 Å². The van der Waals surface area contributed by atoms with Gasteiger partial charge < -0.3 is 10.1 Å². The zero-order valence-corrected chi connectivity index (χ0v) is 14.3. The first kappa shape index (κ1) is 16.4. The van der Waals surface area contributed by atoms with Crippen molar-refractivity contribution in [3.8, 4) is 5.75 Å². The smallest absolute Gasteiger partial charge is 0.120 e. The van der Waals surface area contributed by atoms with Crippen molar-refractivity contribution in [2.75, 3.05) is 6.54 Å². The zero-order valence-electron chi connectivity index (χ0n) is 14.3. The topological polar surface area (TPSA) is 21.3 Å². The lowest BCUT2D eigenvalue weighted by atomic mass is 9.77. The molecular weight excluding hydrogens is 258 g/mol. The Morgan fingerprint density at radius 1 is 1.29 bits per heavy atom. The summed E-state index contributed by atoms with van der Waals surface area (Å²) in [5.74, 6) is 1.69. The van der Waals surface area contributed by atoms with Crippen LogP contribution in [0.3, 0.4) is 0 Å². The molecule has 1 aromatic rings. The quantitative estimate of drug-likeness (QED) is 0.766. The number of ether oxygens (including phenoxy) is 1. The summed E-state index contributed by atoms with van der Waals surface area (Å²) in [7, 11) is 0. The van der Waals surface area contributed by atoms with Crippen LogP contribution in [0.4, 0.5) is 0 Å². The fourth-order valence-corrected chi connectivity index (χ4v) is 2.47. The van der Waals surface area contributed by atoms with E-state index in [1.54, 1.807) is 0 Å². The lowest BCUT2D eigenvalue weighted by Crippen LogP contribution is -2.27. The van der Waals surface area contributed by atoms with Gasteiger partial charge in [-0.15, -0.1) is 0 Å². The zero-order chi connectivity index (χ0) is 15.5. The molecule has 21 heavy (non-hydrogen) atoms. The van der Waals surface area contributed by atoms with E-state index in [1.165, 1.54) is 18.4 Å². The van der Waals surface area contributed by atoms with Crippen molar-refractivity contribution in [1.82, 2.24) is 5.32 Å². The summed E-state index contributed by atoms with van der Waals surface area (Å²) in [5.41, 5.74) is 1.70. The van der Waals surface area contributed by atoms with Gasteiger partial charge in [-0.2, -0.15) is 0 Å². The highest BCUT2D eigenvalue weighted by Crippen LogP contribution is 2.34. The third-order valence-corrected chi connectivity index (χ3v) is 4.61. The van der Waals surface area contributed by atoms with E-state index in [0.29, 0.717) is 23.5 Å². The molecule has 1 aliphatic rings. The van der Waals surface area contributed by atoms with Crippen LogP contribution in [0.2, 0.25) is 0 Å². The van der Waals surface area contributed by atoms with Crippen molar-refractivity contribution in [2.24, 2.45) is 11.3 Å². The SMILES string of the molecule is CCNC(CC(C)C(C)(C)C)c1cccc(OC2CC2)c1. The predicted molar refractivity (Wildman–Crippen MR) is 89.7 cm³/mol. The minimum absolute atomic E-state index is 0.343. The fraction of sp³-hybridized carbons (Fsp3) is 0.684. The molecular formula is C19H31NO. The van der Waals surface area contributed by atoms with E-state index in [2.05, 4.69) is 64.2 Å². The van der Waals surface area contributed by atoms with Crippen molar-refractivity contribution in [3.63, 3.8) is 0 Å². The van der Waals surface area contributed by atoms with Crippen LogP contribution in [0.1, 0.15) is 65.5 Å². The molecule has 1 aromatic carbocycles. The lowest BCUT2D eigenvalue weighted by molar-refractivity contribution is 0.223. The maximum Gasteiger partial charge on any atom is 0.120 e. The standard InChI is InChI=1S/C19H31NO/c1-6-20-18(12-14(2)19(3,4)5)15-8-7-9-17(13-15)21-16-10-11-16/h7-9,13-14,16,18,20H,6,10-12H2,1-5H3.